The van der Waals surface area contributed by atoms with Crippen LogP contribution < -0.4 is 14.8 Å². The summed E-state index contributed by atoms with van der Waals surface area (Å²) in [6, 6.07) is 9.21. The summed E-state index contributed by atoms with van der Waals surface area (Å²) >= 11 is 5.79. The lowest BCUT2D eigenvalue weighted by atomic mass is 10.3. The smallest absolute Gasteiger partial charge is 0.243 e. The van der Waals surface area contributed by atoms with Gasteiger partial charge in [-0.05, 0) is 56.3 Å². The molecule has 0 atom stereocenters. The van der Waals surface area contributed by atoms with E-state index in [4.69, 9.17) is 16.3 Å². The SMILES string of the molecule is COc1ccc(S(=O)(=O)NC(C)C)cc1NC(=O)CN(C)S(=O)(=O)c1ccc(Cl)cc1. The molecule has 31 heavy (non-hydrogen) atoms. The molecule has 170 valence electrons. The highest BCUT2D eigenvalue weighted by molar-refractivity contribution is 7.89. The Labute approximate surface area is 187 Å². The van der Waals surface area contributed by atoms with Crippen molar-refractivity contribution in [1.82, 2.24) is 9.03 Å². The maximum absolute atomic E-state index is 12.6. The minimum absolute atomic E-state index is 0.0161. The van der Waals surface area contributed by atoms with Gasteiger partial charge in [0.2, 0.25) is 26.0 Å². The minimum Gasteiger partial charge on any atom is -0.495 e. The first-order valence-corrected chi connectivity index (χ1v) is 12.4. The van der Waals surface area contributed by atoms with E-state index >= 15 is 0 Å². The van der Waals surface area contributed by atoms with E-state index in [-0.39, 0.29) is 27.3 Å². The Bertz CT molecular complexity index is 1150. The largest absolute Gasteiger partial charge is 0.495 e. The number of ether oxygens (including phenoxy) is 1. The molecule has 12 heteroatoms. The number of sulfonamides is 2. The van der Waals surface area contributed by atoms with Crippen molar-refractivity contribution in [2.75, 3.05) is 26.0 Å². The highest BCUT2D eigenvalue weighted by Crippen LogP contribution is 2.28. The quantitative estimate of drug-likeness (QED) is 0.557. The monoisotopic (exact) mass is 489 g/mol. The predicted molar refractivity (Wildman–Crippen MR) is 118 cm³/mol. The number of likely N-dealkylation sites (N-methyl/N-ethyl adjacent to an activating group) is 1. The summed E-state index contributed by atoms with van der Waals surface area (Å²) in [7, 11) is -5.11. The Morgan fingerprint density at radius 2 is 1.65 bits per heavy atom. The highest BCUT2D eigenvalue weighted by Gasteiger charge is 2.24. The number of carbonyl (C=O) groups excluding carboxylic acids is 1. The van der Waals surface area contributed by atoms with Crippen LogP contribution in [0.3, 0.4) is 0 Å². The second kappa shape index (κ2) is 9.96. The molecule has 0 aliphatic rings. The van der Waals surface area contributed by atoms with E-state index in [2.05, 4.69) is 10.0 Å². The summed E-state index contributed by atoms with van der Waals surface area (Å²) in [5.41, 5.74) is 0.0939. The third-order valence-corrected chi connectivity index (χ3v) is 7.76. The van der Waals surface area contributed by atoms with Gasteiger partial charge in [-0.3, -0.25) is 4.79 Å². The lowest BCUT2D eigenvalue weighted by Gasteiger charge is -2.18. The van der Waals surface area contributed by atoms with Gasteiger partial charge in [-0.1, -0.05) is 11.6 Å². The molecule has 0 radical (unpaired) electrons. The van der Waals surface area contributed by atoms with Crippen LogP contribution >= 0.6 is 11.6 Å². The van der Waals surface area contributed by atoms with Crippen molar-refractivity contribution in [2.45, 2.75) is 29.7 Å². The van der Waals surface area contributed by atoms with Crippen molar-refractivity contribution in [3.8, 4) is 5.75 Å². The zero-order valence-corrected chi connectivity index (χ0v) is 19.8. The van der Waals surface area contributed by atoms with Crippen molar-refractivity contribution < 1.29 is 26.4 Å². The second-order valence-electron chi connectivity index (χ2n) is 6.90. The molecule has 0 aromatic heterocycles. The van der Waals surface area contributed by atoms with Crippen molar-refractivity contribution >= 4 is 43.2 Å². The fraction of sp³-hybridized carbons (Fsp3) is 0.316. The standard InChI is InChI=1S/C19H24ClN3O6S2/c1-13(2)22-30(25,26)16-9-10-18(29-4)17(11-16)21-19(24)12-23(3)31(27,28)15-7-5-14(20)6-8-15/h5-11,13,22H,12H2,1-4H3,(H,21,24). The Hall–Kier alpha value is -2.18. The van der Waals surface area contributed by atoms with Gasteiger partial charge in [0.25, 0.3) is 0 Å². The van der Waals surface area contributed by atoms with Gasteiger partial charge in [0.1, 0.15) is 5.75 Å². The maximum atomic E-state index is 12.6. The molecule has 0 fully saturated rings. The van der Waals surface area contributed by atoms with Gasteiger partial charge in [0, 0.05) is 18.1 Å². The molecular weight excluding hydrogens is 466 g/mol. The van der Waals surface area contributed by atoms with E-state index < -0.39 is 32.5 Å². The van der Waals surface area contributed by atoms with Crippen molar-refractivity contribution in [3.05, 3.63) is 47.5 Å². The highest BCUT2D eigenvalue weighted by atomic mass is 35.5. The summed E-state index contributed by atoms with van der Waals surface area (Å²) in [6.07, 6.45) is 0. The molecule has 0 heterocycles. The number of anilines is 1. The topological polar surface area (TPSA) is 122 Å². The van der Waals surface area contributed by atoms with Crippen LogP contribution in [0.5, 0.6) is 5.75 Å². The fourth-order valence-corrected chi connectivity index (χ4v) is 5.12. The number of rotatable bonds is 9. The number of benzene rings is 2. The zero-order chi connectivity index (χ0) is 23.4. The van der Waals surface area contributed by atoms with Gasteiger partial charge in [-0.25, -0.2) is 21.6 Å². The molecule has 0 unspecified atom stereocenters. The molecule has 0 spiro atoms. The van der Waals surface area contributed by atoms with Crippen LogP contribution in [0, 0.1) is 0 Å². The first kappa shape index (κ1) is 25.1. The van der Waals surface area contributed by atoms with Gasteiger partial charge >= 0.3 is 0 Å². The Kier molecular flexibility index (Phi) is 8.06. The molecular formula is C19H24ClN3O6S2. The number of nitrogens with one attached hydrogen (secondary N) is 2. The summed E-state index contributed by atoms with van der Waals surface area (Å²) in [5, 5.41) is 2.89. The second-order valence-corrected chi connectivity index (χ2v) is 11.1. The Morgan fingerprint density at radius 3 is 2.19 bits per heavy atom. The molecule has 9 nitrogen and oxygen atoms in total. The van der Waals surface area contributed by atoms with E-state index in [1.54, 1.807) is 13.8 Å². The Balaban J connectivity index is 2.22. The lowest BCUT2D eigenvalue weighted by Crippen LogP contribution is -2.35. The fourth-order valence-electron chi connectivity index (χ4n) is 2.59. The first-order chi connectivity index (χ1) is 14.4. The van der Waals surface area contributed by atoms with Gasteiger partial charge in [0.05, 0.1) is 29.1 Å². The molecule has 0 bridgehead atoms. The zero-order valence-electron chi connectivity index (χ0n) is 17.4. The third-order valence-electron chi connectivity index (χ3n) is 4.03. The van der Waals surface area contributed by atoms with E-state index in [1.165, 1.54) is 56.6 Å². The van der Waals surface area contributed by atoms with Crippen LogP contribution in [0.25, 0.3) is 0 Å². The molecule has 0 saturated carbocycles. The van der Waals surface area contributed by atoms with Crippen LogP contribution in [0.15, 0.2) is 52.3 Å². The number of hydrogen-bond acceptors (Lipinski definition) is 6. The predicted octanol–water partition coefficient (Wildman–Crippen LogP) is 2.29. The minimum atomic E-state index is -3.93. The van der Waals surface area contributed by atoms with Crippen LogP contribution in [0.2, 0.25) is 5.02 Å². The first-order valence-electron chi connectivity index (χ1n) is 9.09. The van der Waals surface area contributed by atoms with Gasteiger partial charge in [-0.2, -0.15) is 4.31 Å². The third kappa shape index (κ3) is 6.40. The average Bonchev–Trinajstić information content (AvgIpc) is 2.67. The number of methoxy groups -OCH3 is 1. The molecule has 1 amide bonds. The molecule has 2 aromatic carbocycles. The summed E-state index contributed by atoms with van der Waals surface area (Å²) < 4.78 is 58.6. The van der Waals surface area contributed by atoms with E-state index in [1.807, 2.05) is 0 Å². The van der Waals surface area contributed by atoms with Gasteiger partial charge in [0.15, 0.2) is 0 Å². The van der Waals surface area contributed by atoms with Crippen molar-refractivity contribution in [3.63, 3.8) is 0 Å². The van der Waals surface area contributed by atoms with Crippen LogP contribution in [0.4, 0.5) is 5.69 Å². The van der Waals surface area contributed by atoms with Crippen LogP contribution in [-0.2, 0) is 24.8 Å². The van der Waals surface area contributed by atoms with E-state index in [0.29, 0.717) is 5.02 Å². The van der Waals surface area contributed by atoms with Crippen LogP contribution in [0.1, 0.15) is 13.8 Å². The number of carbonyl (C=O) groups is 1. The van der Waals surface area contributed by atoms with Gasteiger partial charge in [-0.15, -0.1) is 0 Å². The van der Waals surface area contributed by atoms with Crippen molar-refractivity contribution in [2.24, 2.45) is 0 Å². The average molecular weight is 490 g/mol. The normalized spacial score (nSPS) is 12.2. The van der Waals surface area contributed by atoms with Gasteiger partial charge < -0.3 is 10.1 Å². The molecule has 2 aromatic rings. The number of halogens is 1. The molecule has 2 N–H and O–H groups in total. The summed E-state index contributed by atoms with van der Waals surface area (Å²) in [5.74, 6) is -0.454. The molecule has 0 aliphatic heterocycles. The van der Waals surface area contributed by atoms with E-state index in [9.17, 15) is 21.6 Å². The maximum Gasteiger partial charge on any atom is 0.243 e. The van der Waals surface area contributed by atoms with Crippen LogP contribution in [-0.4, -0.2) is 53.8 Å². The summed E-state index contributed by atoms with van der Waals surface area (Å²) in [4.78, 5) is 12.4. The van der Waals surface area contributed by atoms with Crippen molar-refractivity contribution in [1.29, 1.82) is 0 Å². The molecule has 0 aliphatic carbocycles. The summed E-state index contributed by atoms with van der Waals surface area (Å²) in [6.45, 7) is 2.86. The number of hydrogen-bond donors (Lipinski definition) is 2. The Morgan fingerprint density at radius 1 is 1.06 bits per heavy atom. The lowest BCUT2D eigenvalue weighted by molar-refractivity contribution is -0.116. The number of nitrogens with zero attached hydrogens (tertiary/aromatic N) is 1. The molecule has 0 saturated heterocycles. The number of amides is 1. The molecule has 2 rings (SSSR count). The van der Waals surface area contributed by atoms with E-state index in [0.717, 1.165) is 4.31 Å².